The minimum absolute atomic E-state index is 0.224. The van der Waals surface area contributed by atoms with Crippen molar-refractivity contribution >= 4 is 46.6 Å². The molecule has 0 aliphatic rings. The quantitative estimate of drug-likeness (QED) is 0.803. The summed E-state index contributed by atoms with van der Waals surface area (Å²) in [4.78, 5) is 23.3. The highest BCUT2D eigenvalue weighted by Crippen LogP contribution is 2.32. The molecule has 0 saturated carbocycles. The molecule has 130 valence electrons. The van der Waals surface area contributed by atoms with E-state index < -0.39 is 30.1 Å². The summed E-state index contributed by atoms with van der Waals surface area (Å²) in [5.74, 6) is -6.45. The number of aliphatic carboxylic acids is 1. The van der Waals surface area contributed by atoms with Crippen molar-refractivity contribution in [3.05, 3.63) is 20.3 Å². The maximum atomic E-state index is 13.5. The van der Waals surface area contributed by atoms with E-state index in [0.29, 0.717) is 14.8 Å². The molecule has 1 aromatic heterocycles. The number of ether oxygens (including phenoxy) is 1. The summed E-state index contributed by atoms with van der Waals surface area (Å²) < 4.78 is 32.6. The molecule has 1 aromatic rings. The van der Waals surface area contributed by atoms with Crippen LogP contribution in [0.3, 0.4) is 0 Å². The largest absolute Gasteiger partial charge is 0.477 e. The molecule has 0 spiro atoms. The number of alkyl halides is 2. The van der Waals surface area contributed by atoms with E-state index in [1.165, 1.54) is 6.07 Å². The molecule has 1 N–H and O–H groups in total. The predicted molar refractivity (Wildman–Crippen MR) is 83.6 cm³/mol. The van der Waals surface area contributed by atoms with Crippen LogP contribution in [0, 0.1) is 0 Å². The number of halogens is 4. The molecule has 1 heterocycles. The van der Waals surface area contributed by atoms with E-state index in [4.69, 9.17) is 33.0 Å². The van der Waals surface area contributed by atoms with Crippen molar-refractivity contribution in [1.82, 2.24) is 4.90 Å². The van der Waals surface area contributed by atoms with Crippen LogP contribution in [-0.4, -0.2) is 40.1 Å². The van der Waals surface area contributed by atoms with Crippen LogP contribution in [0.2, 0.25) is 8.67 Å². The van der Waals surface area contributed by atoms with Gasteiger partial charge in [-0.1, -0.05) is 23.2 Å². The first-order valence-corrected chi connectivity index (χ1v) is 7.92. The third-order valence-corrected chi connectivity index (χ3v) is 4.01. The van der Waals surface area contributed by atoms with Crippen LogP contribution in [-0.2, 0) is 16.1 Å². The van der Waals surface area contributed by atoms with Gasteiger partial charge in [-0.25, -0.2) is 9.59 Å². The fourth-order valence-electron chi connectivity index (χ4n) is 1.51. The first kappa shape index (κ1) is 19.9. The highest BCUT2D eigenvalue weighted by atomic mass is 35.5. The summed E-state index contributed by atoms with van der Waals surface area (Å²) in [6.07, 6.45) is -1.07. The number of thiophene rings is 1. The van der Waals surface area contributed by atoms with E-state index in [1.54, 1.807) is 20.8 Å². The molecule has 0 unspecified atom stereocenters. The number of nitrogens with zero attached hydrogens (tertiary/aromatic N) is 1. The van der Waals surface area contributed by atoms with Gasteiger partial charge in [0, 0.05) is 5.56 Å². The number of carbonyl (C=O) groups is 2. The van der Waals surface area contributed by atoms with Crippen molar-refractivity contribution in [2.24, 2.45) is 0 Å². The Morgan fingerprint density at radius 2 is 1.91 bits per heavy atom. The molecular formula is C13H15Cl2F2NO4S. The molecule has 0 aliphatic carbocycles. The third-order valence-electron chi connectivity index (χ3n) is 2.44. The molecule has 0 aliphatic heterocycles. The van der Waals surface area contributed by atoms with E-state index in [-0.39, 0.29) is 10.9 Å². The second-order valence-electron chi connectivity index (χ2n) is 5.70. The summed E-state index contributed by atoms with van der Waals surface area (Å²) in [7, 11) is 0. The van der Waals surface area contributed by atoms with Crippen LogP contribution >= 0.6 is 34.5 Å². The maximum absolute atomic E-state index is 13.5. The highest BCUT2D eigenvalue weighted by molar-refractivity contribution is 7.20. The average molecular weight is 390 g/mol. The van der Waals surface area contributed by atoms with Gasteiger partial charge in [0.15, 0.2) is 0 Å². The third kappa shape index (κ3) is 6.12. The maximum Gasteiger partial charge on any atom is 0.410 e. The first-order chi connectivity index (χ1) is 10.3. The number of carboxylic acids is 1. The molecule has 5 nitrogen and oxygen atoms in total. The summed E-state index contributed by atoms with van der Waals surface area (Å²) in [5, 5.41) is 8.56. The zero-order valence-electron chi connectivity index (χ0n) is 12.5. The second kappa shape index (κ2) is 7.19. The van der Waals surface area contributed by atoms with Gasteiger partial charge in [-0.05, 0) is 26.8 Å². The van der Waals surface area contributed by atoms with Crippen molar-refractivity contribution in [3.63, 3.8) is 0 Å². The SMILES string of the molecule is CC(C)(C)OC(=O)N(Cc1cc(Cl)sc1Cl)CC(F)(F)C(=O)O. The molecule has 0 fully saturated rings. The van der Waals surface area contributed by atoms with E-state index in [2.05, 4.69) is 0 Å². The Morgan fingerprint density at radius 1 is 1.35 bits per heavy atom. The number of carboxylic acid groups (broad SMARTS) is 1. The van der Waals surface area contributed by atoms with E-state index in [0.717, 1.165) is 11.3 Å². The van der Waals surface area contributed by atoms with Gasteiger partial charge < -0.3 is 9.84 Å². The number of hydrogen-bond acceptors (Lipinski definition) is 4. The Morgan fingerprint density at radius 3 is 2.30 bits per heavy atom. The summed E-state index contributed by atoms with van der Waals surface area (Å²) in [6.45, 7) is 2.99. The van der Waals surface area contributed by atoms with Crippen LogP contribution < -0.4 is 0 Å². The topological polar surface area (TPSA) is 66.8 Å². The zero-order valence-corrected chi connectivity index (χ0v) is 14.9. The van der Waals surface area contributed by atoms with Gasteiger partial charge in [-0.3, -0.25) is 4.90 Å². The zero-order chi connectivity index (χ0) is 18.0. The monoisotopic (exact) mass is 389 g/mol. The van der Waals surface area contributed by atoms with Gasteiger partial charge in [-0.15, -0.1) is 11.3 Å². The Kier molecular flexibility index (Phi) is 6.23. The average Bonchev–Trinajstić information content (AvgIpc) is 2.64. The molecule has 0 saturated heterocycles. The molecule has 23 heavy (non-hydrogen) atoms. The summed E-state index contributed by atoms with van der Waals surface area (Å²) in [6, 6.07) is 1.42. The molecule has 0 radical (unpaired) electrons. The normalized spacial score (nSPS) is 12.1. The minimum Gasteiger partial charge on any atom is -0.477 e. The van der Waals surface area contributed by atoms with Gasteiger partial charge in [0.05, 0.1) is 21.8 Å². The van der Waals surface area contributed by atoms with Crippen molar-refractivity contribution in [2.45, 2.75) is 38.8 Å². The first-order valence-electron chi connectivity index (χ1n) is 6.34. The Balaban J connectivity index is 3.03. The lowest BCUT2D eigenvalue weighted by Crippen LogP contribution is -2.46. The molecular weight excluding hydrogens is 375 g/mol. The van der Waals surface area contributed by atoms with Crippen molar-refractivity contribution in [1.29, 1.82) is 0 Å². The fourth-order valence-corrected chi connectivity index (χ4v) is 2.98. The Hall–Kier alpha value is -1.12. The van der Waals surface area contributed by atoms with Gasteiger partial charge in [0.1, 0.15) is 5.60 Å². The van der Waals surface area contributed by atoms with Gasteiger partial charge in [0.25, 0.3) is 0 Å². The van der Waals surface area contributed by atoms with Gasteiger partial charge in [-0.2, -0.15) is 8.78 Å². The Bertz CT molecular complexity index is 601. The molecule has 10 heteroatoms. The van der Waals surface area contributed by atoms with Crippen LogP contribution in [0.1, 0.15) is 26.3 Å². The van der Waals surface area contributed by atoms with E-state index in [1.807, 2.05) is 0 Å². The molecule has 0 bridgehead atoms. The smallest absolute Gasteiger partial charge is 0.410 e. The van der Waals surface area contributed by atoms with Gasteiger partial charge in [0.2, 0.25) is 0 Å². The fraction of sp³-hybridized carbons (Fsp3) is 0.538. The lowest BCUT2D eigenvalue weighted by atomic mass is 10.2. The van der Waals surface area contributed by atoms with Gasteiger partial charge >= 0.3 is 18.0 Å². The second-order valence-corrected chi connectivity index (χ2v) is 7.98. The van der Waals surface area contributed by atoms with E-state index >= 15 is 0 Å². The number of hydrogen-bond donors (Lipinski definition) is 1. The van der Waals surface area contributed by atoms with E-state index in [9.17, 15) is 18.4 Å². The van der Waals surface area contributed by atoms with Crippen molar-refractivity contribution in [3.8, 4) is 0 Å². The van der Waals surface area contributed by atoms with Crippen LogP contribution in [0.5, 0.6) is 0 Å². The molecule has 1 rings (SSSR count). The lowest BCUT2D eigenvalue weighted by molar-refractivity contribution is -0.167. The van der Waals surface area contributed by atoms with Crippen LogP contribution in [0.25, 0.3) is 0 Å². The lowest BCUT2D eigenvalue weighted by Gasteiger charge is -2.28. The summed E-state index contributed by atoms with van der Waals surface area (Å²) >= 11 is 12.7. The predicted octanol–water partition coefficient (Wildman–Crippen LogP) is 4.51. The summed E-state index contributed by atoms with van der Waals surface area (Å²) in [5.41, 5.74) is -0.599. The molecule has 0 aromatic carbocycles. The molecule has 1 amide bonds. The van der Waals surface area contributed by atoms with Crippen molar-refractivity contribution < 1.29 is 28.2 Å². The number of amides is 1. The highest BCUT2D eigenvalue weighted by Gasteiger charge is 2.43. The standard InChI is InChI=1S/C13H15Cl2F2NO4S/c1-12(2,3)22-11(21)18(6-13(16,17)10(19)20)5-7-4-8(14)23-9(7)15/h4H,5-6H2,1-3H3,(H,19,20). The van der Waals surface area contributed by atoms with Crippen LogP contribution in [0.15, 0.2) is 6.07 Å². The van der Waals surface area contributed by atoms with Crippen molar-refractivity contribution in [2.75, 3.05) is 6.54 Å². The van der Waals surface area contributed by atoms with Crippen LogP contribution in [0.4, 0.5) is 13.6 Å². The number of carbonyl (C=O) groups excluding carboxylic acids is 1. The minimum atomic E-state index is -4.12. The molecule has 0 atom stereocenters. The number of rotatable bonds is 5. The Labute approximate surface area is 145 Å².